The van der Waals surface area contributed by atoms with Gasteiger partial charge in [-0.2, -0.15) is 0 Å². The molecule has 1 atom stereocenters. The van der Waals surface area contributed by atoms with Crippen molar-refractivity contribution in [2.45, 2.75) is 18.9 Å². The Morgan fingerprint density at radius 1 is 1.25 bits per heavy atom. The maximum absolute atomic E-state index is 12.5. The quantitative estimate of drug-likeness (QED) is 0.604. The number of halogens is 1. The molecule has 0 aliphatic carbocycles. The zero-order valence-electron chi connectivity index (χ0n) is 6.83. The summed E-state index contributed by atoms with van der Waals surface area (Å²) < 4.78 is 12.5. The molecule has 1 unspecified atom stereocenters. The fraction of sp³-hybridized carbons (Fsp3) is 0.400. The van der Waals surface area contributed by atoms with Crippen LogP contribution < -0.4 is 5.32 Å². The Balaban J connectivity index is 2.17. The van der Waals surface area contributed by atoms with Gasteiger partial charge in [0.1, 0.15) is 5.82 Å². The zero-order chi connectivity index (χ0) is 8.39. The molecule has 1 aliphatic heterocycles. The first kappa shape index (κ1) is 7.74. The van der Waals surface area contributed by atoms with E-state index in [9.17, 15) is 4.39 Å². The summed E-state index contributed by atoms with van der Waals surface area (Å²) in [6, 6.07) is 6.99. The molecule has 1 nitrogen and oxygen atoms in total. The topological polar surface area (TPSA) is 14.1 Å². The second kappa shape index (κ2) is 3.23. The first-order valence-electron chi connectivity index (χ1n) is 4.28. The number of rotatable bonds is 1. The molecule has 0 amide bonds. The van der Waals surface area contributed by atoms with E-state index in [1.54, 1.807) is 0 Å². The summed E-state index contributed by atoms with van der Waals surface area (Å²) in [4.78, 5) is 0. The van der Waals surface area contributed by atoms with E-state index in [4.69, 9.17) is 0 Å². The van der Waals surface area contributed by atoms with Crippen LogP contribution in [0.1, 0.15) is 24.4 Å². The zero-order valence-corrected chi connectivity index (χ0v) is 6.83. The molecule has 0 aromatic heterocycles. The third-order valence-corrected chi connectivity index (χ3v) is 2.24. The molecule has 1 radical (unpaired) electrons. The minimum absolute atomic E-state index is 0.170. The molecule has 2 rings (SSSR count). The monoisotopic (exact) mass is 164 g/mol. The summed E-state index contributed by atoms with van der Waals surface area (Å²) in [7, 11) is 0. The molecular formula is C10H11FN. The van der Waals surface area contributed by atoms with E-state index in [-0.39, 0.29) is 5.82 Å². The van der Waals surface area contributed by atoms with Crippen LogP contribution in [0.5, 0.6) is 0 Å². The molecule has 0 spiro atoms. The van der Waals surface area contributed by atoms with E-state index >= 15 is 0 Å². The molecular weight excluding hydrogens is 153 g/mol. The van der Waals surface area contributed by atoms with Crippen LogP contribution in [-0.4, -0.2) is 6.54 Å². The Labute approximate surface area is 71.6 Å². The van der Waals surface area contributed by atoms with Crippen molar-refractivity contribution < 1.29 is 4.39 Å². The van der Waals surface area contributed by atoms with Crippen molar-refractivity contribution >= 4 is 0 Å². The van der Waals surface area contributed by atoms with Gasteiger partial charge in [0.15, 0.2) is 0 Å². The van der Waals surface area contributed by atoms with Crippen LogP contribution in [0.25, 0.3) is 0 Å². The third kappa shape index (κ3) is 1.48. The van der Waals surface area contributed by atoms with Crippen LogP contribution in [0.3, 0.4) is 0 Å². The fourth-order valence-electron chi connectivity index (χ4n) is 1.58. The van der Waals surface area contributed by atoms with Crippen molar-refractivity contribution in [3.05, 3.63) is 35.6 Å². The van der Waals surface area contributed by atoms with Crippen molar-refractivity contribution in [1.82, 2.24) is 5.32 Å². The van der Waals surface area contributed by atoms with Crippen molar-refractivity contribution in [2.75, 3.05) is 6.54 Å². The van der Waals surface area contributed by atoms with E-state index < -0.39 is 0 Å². The lowest BCUT2D eigenvalue weighted by molar-refractivity contribution is 0.614. The first-order valence-corrected chi connectivity index (χ1v) is 4.28. The average Bonchev–Trinajstić information content (AvgIpc) is 2.58. The fourth-order valence-corrected chi connectivity index (χ4v) is 1.58. The van der Waals surface area contributed by atoms with Crippen LogP contribution in [-0.2, 0) is 0 Å². The number of hydrogen-bond acceptors (Lipinski definition) is 0. The summed E-state index contributed by atoms with van der Waals surface area (Å²) in [6.07, 6.45) is 2.29. The number of nitrogens with zero attached hydrogens (tertiary/aromatic N) is 1. The SMILES string of the molecule is Fc1ccc(C2CCC[N]2)cc1. The number of benzene rings is 1. The molecule has 1 heterocycles. The largest absolute Gasteiger partial charge is 0.234 e. The molecule has 1 aromatic carbocycles. The van der Waals surface area contributed by atoms with Crippen LogP contribution in [0, 0.1) is 5.82 Å². The molecule has 0 saturated carbocycles. The van der Waals surface area contributed by atoms with Gasteiger partial charge in [0.25, 0.3) is 0 Å². The second-order valence-corrected chi connectivity index (χ2v) is 3.12. The Hall–Kier alpha value is -0.890. The maximum Gasteiger partial charge on any atom is 0.123 e. The minimum atomic E-state index is -0.170. The highest BCUT2D eigenvalue weighted by atomic mass is 19.1. The average molecular weight is 164 g/mol. The Kier molecular flexibility index (Phi) is 2.09. The number of hydrogen-bond donors (Lipinski definition) is 0. The minimum Gasteiger partial charge on any atom is -0.234 e. The second-order valence-electron chi connectivity index (χ2n) is 3.12. The van der Waals surface area contributed by atoms with Crippen molar-refractivity contribution in [3.8, 4) is 0 Å². The molecule has 0 N–H and O–H groups in total. The van der Waals surface area contributed by atoms with Crippen molar-refractivity contribution in [3.63, 3.8) is 0 Å². The standard InChI is InChI=1S/C10H11FN/c11-9-5-3-8(4-6-9)10-2-1-7-12-10/h3-6,10H,1-2,7H2. The van der Waals surface area contributed by atoms with E-state index in [2.05, 4.69) is 5.32 Å². The van der Waals surface area contributed by atoms with Crippen LogP contribution in [0.15, 0.2) is 24.3 Å². The smallest absolute Gasteiger partial charge is 0.123 e. The van der Waals surface area contributed by atoms with Gasteiger partial charge in [-0.05, 0) is 30.5 Å². The van der Waals surface area contributed by atoms with Gasteiger partial charge >= 0.3 is 0 Å². The molecule has 63 valence electrons. The summed E-state index contributed by atoms with van der Waals surface area (Å²) in [5.74, 6) is -0.170. The molecule has 1 saturated heterocycles. The van der Waals surface area contributed by atoms with Gasteiger partial charge in [-0.15, -0.1) is 0 Å². The molecule has 1 aliphatic rings. The van der Waals surface area contributed by atoms with Crippen LogP contribution in [0.2, 0.25) is 0 Å². The molecule has 2 heteroatoms. The highest BCUT2D eigenvalue weighted by Crippen LogP contribution is 2.24. The van der Waals surface area contributed by atoms with Gasteiger partial charge in [-0.25, -0.2) is 9.71 Å². The lowest BCUT2D eigenvalue weighted by Gasteiger charge is -2.07. The lowest BCUT2D eigenvalue weighted by atomic mass is 10.1. The van der Waals surface area contributed by atoms with E-state index in [1.807, 2.05) is 12.1 Å². The van der Waals surface area contributed by atoms with Crippen molar-refractivity contribution in [2.24, 2.45) is 0 Å². The van der Waals surface area contributed by atoms with Gasteiger partial charge in [0, 0.05) is 12.6 Å². The van der Waals surface area contributed by atoms with E-state index in [0.717, 1.165) is 18.5 Å². The maximum atomic E-state index is 12.5. The summed E-state index contributed by atoms with van der Waals surface area (Å²) in [5.41, 5.74) is 1.15. The Morgan fingerprint density at radius 3 is 2.58 bits per heavy atom. The molecule has 12 heavy (non-hydrogen) atoms. The van der Waals surface area contributed by atoms with Gasteiger partial charge in [0.2, 0.25) is 0 Å². The van der Waals surface area contributed by atoms with Crippen LogP contribution in [0.4, 0.5) is 4.39 Å². The van der Waals surface area contributed by atoms with E-state index in [0.29, 0.717) is 6.04 Å². The van der Waals surface area contributed by atoms with Crippen LogP contribution >= 0.6 is 0 Å². The summed E-state index contributed by atoms with van der Waals surface area (Å²) in [6.45, 7) is 0.960. The van der Waals surface area contributed by atoms with Gasteiger partial charge in [-0.3, -0.25) is 0 Å². The molecule has 0 bridgehead atoms. The summed E-state index contributed by atoms with van der Waals surface area (Å²) >= 11 is 0. The molecule has 1 fully saturated rings. The molecule has 1 aromatic rings. The third-order valence-electron chi connectivity index (χ3n) is 2.24. The van der Waals surface area contributed by atoms with E-state index in [1.165, 1.54) is 18.6 Å². The van der Waals surface area contributed by atoms with Gasteiger partial charge < -0.3 is 0 Å². The Morgan fingerprint density at radius 2 is 2.00 bits per heavy atom. The van der Waals surface area contributed by atoms with Gasteiger partial charge in [-0.1, -0.05) is 12.1 Å². The highest BCUT2D eigenvalue weighted by molar-refractivity contribution is 5.20. The normalized spacial score (nSPS) is 22.9. The van der Waals surface area contributed by atoms with Gasteiger partial charge in [0.05, 0.1) is 0 Å². The highest BCUT2D eigenvalue weighted by Gasteiger charge is 2.16. The lowest BCUT2D eigenvalue weighted by Crippen LogP contribution is -2.04. The summed E-state index contributed by atoms with van der Waals surface area (Å²) in [5, 5.41) is 4.41. The van der Waals surface area contributed by atoms with Crippen molar-refractivity contribution in [1.29, 1.82) is 0 Å². The predicted molar refractivity (Wildman–Crippen MR) is 45.4 cm³/mol. The Bertz CT molecular complexity index is 249. The predicted octanol–water partition coefficient (Wildman–Crippen LogP) is 2.27. The first-order chi connectivity index (χ1) is 5.86.